The van der Waals surface area contributed by atoms with E-state index in [0.29, 0.717) is 12.3 Å². The summed E-state index contributed by atoms with van der Waals surface area (Å²) in [6.07, 6.45) is 4.07. The van der Waals surface area contributed by atoms with Crippen molar-refractivity contribution in [3.63, 3.8) is 0 Å². The van der Waals surface area contributed by atoms with Crippen LogP contribution in [-0.2, 0) is 19.6 Å². The highest BCUT2D eigenvalue weighted by atomic mass is 16.4. The number of nitrogens with one attached hydrogen (secondary N) is 1. The molecular formula is C32H36N4O2. The average Bonchev–Trinajstić information content (AvgIpc) is 3.61. The van der Waals surface area contributed by atoms with Gasteiger partial charge in [-0.15, -0.1) is 0 Å². The largest absolute Gasteiger partial charge is 0.455 e. The van der Waals surface area contributed by atoms with E-state index in [1.54, 1.807) is 0 Å². The Kier molecular flexibility index (Phi) is 7.16. The average molecular weight is 509 g/mol. The van der Waals surface area contributed by atoms with Gasteiger partial charge in [-0.1, -0.05) is 60.2 Å². The normalized spacial score (nSPS) is 18.8. The fraction of sp³-hybridized carbons (Fsp3) is 0.344. The van der Waals surface area contributed by atoms with Gasteiger partial charge in [0.2, 0.25) is 0 Å². The quantitative estimate of drug-likeness (QED) is 0.364. The minimum Gasteiger partial charge on any atom is -0.455 e. The van der Waals surface area contributed by atoms with Crippen LogP contribution in [0.3, 0.4) is 0 Å². The van der Waals surface area contributed by atoms with Crippen LogP contribution in [0.1, 0.15) is 57.6 Å². The van der Waals surface area contributed by atoms with Gasteiger partial charge in [0.1, 0.15) is 5.76 Å². The molecule has 1 unspecified atom stereocenters. The van der Waals surface area contributed by atoms with E-state index in [2.05, 4.69) is 99.5 Å². The summed E-state index contributed by atoms with van der Waals surface area (Å²) in [5.74, 6) is 1.12. The number of nitrogens with zero attached hydrogens (tertiary/aromatic N) is 3. The minimum atomic E-state index is -0.111. The molecule has 0 spiro atoms. The van der Waals surface area contributed by atoms with Gasteiger partial charge in [-0.3, -0.25) is 14.6 Å². The van der Waals surface area contributed by atoms with Crippen molar-refractivity contribution in [3.05, 3.63) is 119 Å². The van der Waals surface area contributed by atoms with Crippen molar-refractivity contribution in [2.75, 3.05) is 19.6 Å². The Hall–Kier alpha value is -3.61. The highest BCUT2D eigenvalue weighted by molar-refractivity contribution is 5.91. The molecule has 1 amide bonds. The van der Waals surface area contributed by atoms with Gasteiger partial charge in [0.15, 0.2) is 5.76 Å². The molecule has 1 atom stereocenters. The molecule has 2 aliphatic rings. The molecule has 0 radical (unpaired) electrons. The smallest absolute Gasteiger partial charge is 0.287 e. The maximum Gasteiger partial charge on any atom is 0.287 e. The Morgan fingerprint density at radius 1 is 0.868 bits per heavy atom. The van der Waals surface area contributed by atoms with Crippen molar-refractivity contribution in [2.24, 2.45) is 0 Å². The summed E-state index contributed by atoms with van der Waals surface area (Å²) in [4.78, 5) is 17.9. The zero-order valence-electron chi connectivity index (χ0n) is 22.1. The molecule has 38 heavy (non-hydrogen) atoms. The van der Waals surface area contributed by atoms with Gasteiger partial charge in [-0.05, 0) is 55.2 Å². The Morgan fingerprint density at radius 2 is 1.66 bits per heavy atom. The van der Waals surface area contributed by atoms with Gasteiger partial charge in [0.05, 0.1) is 12.6 Å². The molecule has 0 saturated carbocycles. The van der Waals surface area contributed by atoms with E-state index in [4.69, 9.17) is 4.42 Å². The SMILES string of the molecule is Cc1ccc(C2c3cccn3CCN2Cc2ccc(C(=O)NC3CCN(Cc4ccccc4)CC3)o2)cc1. The number of fused-ring (bicyclic) bond motifs is 1. The van der Waals surface area contributed by atoms with E-state index in [1.165, 1.54) is 22.4 Å². The molecule has 6 nitrogen and oxygen atoms in total. The molecule has 2 aromatic heterocycles. The molecule has 2 aromatic carbocycles. The summed E-state index contributed by atoms with van der Waals surface area (Å²) >= 11 is 0. The number of aromatic nitrogens is 1. The lowest BCUT2D eigenvalue weighted by Crippen LogP contribution is -2.44. The van der Waals surface area contributed by atoms with E-state index < -0.39 is 0 Å². The van der Waals surface area contributed by atoms with Gasteiger partial charge < -0.3 is 14.3 Å². The fourth-order valence-electron chi connectivity index (χ4n) is 5.85. The molecule has 1 fully saturated rings. The topological polar surface area (TPSA) is 53.7 Å². The number of rotatable bonds is 7. The van der Waals surface area contributed by atoms with Crippen LogP contribution in [0, 0.1) is 6.92 Å². The summed E-state index contributed by atoms with van der Waals surface area (Å²) in [7, 11) is 0. The number of benzene rings is 2. The number of hydrogen-bond donors (Lipinski definition) is 1. The van der Waals surface area contributed by atoms with Crippen molar-refractivity contribution in [1.29, 1.82) is 0 Å². The van der Waals surface area contributed by atoms with Gasteiger partial charge in [0.25, 0.3) is 5.91 Å². The van der Waals surface area contributed by atoms with E-state index in [1.807, 2.05) is 12.1 Å². The third-order valence-corrected chi connectivity index (χ3v) is 7.95. The van der Waals surface area contributed by atoms with Crippen LogP contribution in [0.15, 0.2) is 89.5 Å². The number of furan rings is 1. The van der Waals surface area contributed by atoms with Crippen LogP contribution < -0.4 is 5.32 Å². The number of aryl methyl sites for hydroxylation is 1. The van der Waals surface area contributed by atoms with Crippen molar-refractivity contribution < 1.29 is 9.21 Å². The number of carbonyl (C=O) groups excluding carboxylic acids is 1. The van der Waals surface area contributed by atoms with Crippen LogP contribution in [0.2, 0.25) is 0 Å². The first-order valence-corrected chi connectivity index (χ1v) is 13.7. The number of likely N-dealkylation sites (tertiary alicyclic amines) is 1. The fourth-order valence-corrected chi connectivity index (χ4v) is 5.85. The molecule has 2 aliphatic heterocycles. The number of hydrogen-bond acceptors (Lipinski definition) is 4. The second kappa shape index (κ2) is 11.0. The molecule has 196 valence electrons. The first-order chi connectivity index (χ1) is 18.6. The molecule has 4 heterocycles. The van der Waals surface area contributed by atoms with Gasteiger partial charge in [-0.2, -0.15) is 0 Å². The summed E-state index contributed by atoms with van der Waals surface area (Å²) in [5, 5.41) is 3.21. The Labute approximate surface area is 224 Å². The number of carbonyl (C=O) groups is 1. The van der Waals surface area contributed by atoms with Crippen LogP contribution in [0.25, 0.3) is 0 Å². The molecule has 6 rings (SSSR count). The monoisotopic (exact) mass is 508 g/mol. The summed E-state index contributed by atoms with van der Waals surface area (Å²) < 4.78 is 8.43. The first-order valence-electron chi connectivity index (χ1n) is 13.7. The molecular weight excluding hydrogens is 472 g/mol. The summed E-state index contributed by atoms with van der Waals surface area (Å²) in [6.45, 7) is 7.59. The van der Waals surface area contributed by atoms with Gasteiger partial charge in [-0.25, -0.2) is 0 Å². The zero-order chi connectivity index (χ0) is 25.9. The maximum atomic E-state index is 13.0. The number of amides is 1. The summed E-state index contributed by atoms with van der Waals surface area (Å²) in [6, 6.07) is 27.8. The molecule has 0 bridgehead atoms. The minimum absolute atomic E-state index is 0.111. The van der Waals surface area contributed by atoms with E-state index >= 15 is 0 Å². The predicted octanol–water partition coefficient (Wildman–Crippen LogP) is 5.39. The summed E-state index contributed by atoms with van der Waals surface area (Å²) in [5.41, 5.74) is 5.17. The third-order valence-electron chi connectivity index (χ3n) is 7.95. The Morgan fingerprint density at radius 3 is 2.45 bits per heavy atom. The van der Waals surface area contributed by atoms with Crippen LogP contribution >= 0.6 is 0 Å². The second-order valence-corrected chi connectivity index (χ2v) is 10.7. The van der Waals surface area contributed by atoms with Gasteiger partial charge >= 0.3 is 0 Å². The third kappa shape index (κ3) is 5.47. The lowest BCUT2D eigenvalue weighted by atomic mass is 9.99. The van der Waals surface area contributed by atoms with Crippen molar-refractivity contribution in [3.8, 4) is 0 Å². The van der Waals surface area contributed by atoms with E-state index in [9.17, 15) is 4.79 Å². The lowest BCUT2D eigenvalue weighted by Gasteiger charge is -2.37. The zero-order valence-corrected chi connectivity index (χ0v) is 22.1. The highest BCUT2D eigenvalue weighted by Crippen LogP contribution is 2.34. The van der Waals surface area contributed by atoms with E-state index in [-0.39, 0.29) is 18.0 Å². The maximum absolute atomic E-state index is 13.0. The lowest BCUT2D eigenvalue weighted by molar-refractivity contribution is 0.0875. The predicted molar refractivity (Wildman–Crippen MR) is 149 cm³/mol. The Balaban J connectivity index is 1.07. The molecule has 1 saturated heterocycles. The standard InChI is InChI=1S/C32H36N4O2/c1-24-9-11-26(12-10-24)31-29-8-5-17-35(29)20-21-36(31)23-28-13-14-30(38-28)32(37)33-27-15-18-34(19-16-27)22-25-6-3-2-4-7-25/h2-14,17,27,31H,15-16,18-23H2,1H3,(H,33,37). The Bertz CT molecular complexity index is 1350. The van der Waals surface area contributed by atoms with Gasteiger partial charge in [0, 0.05) is 50.7 Å². The highest BCUT2D eigenvalue weighted by Gasteiger charge is 2.30. The first kappa shape index (κ1) is 24.7. The second-order valence-electron chi connectivity index (χ2n) is 10.7. The molecule has 0 aliphatic carbocycles. The van der Waals surface area contributed by atoms with Crippen molar-refractivity contribution in [2.45, 2.75) is 51.5 Å². The van der Waals surface area contributed by atoms with Crippen LogP contribution in [0.5, 0.6) is 0 Å². The van der Waals surface area contributed by atoms with Crippen LogP contribution in [-0.4, -0.2) is 46.0 Å². The molecule has 1 N–H and O–H groups in total. The molecule has 4 aromatic rings. The van der Waals surface area contributed by atoms with E-state index in [0.717, 1.165) is 51.3 Å². The molecule has 6 heteroatoms. The van der Waals surface area contributed by atoms with Crippen molar-refractivity contribution >= 4 is 5.91 Å². The van der Waals surface area contributed by atoms with Crippen LogP contribution in [0.4, 0.5) is 0 Å². The number of piperidine rings is 1. The van der Waals surface area contributed by atoms with Crippen molar-refractivity contribution in [1.82, 2.24) is 19.7 Å².